The first kappa shape index (κ1) is 25.2. The van der Waals surface area contributed by atoms with Crippen molar-refractivity contribution in [3.8, 4) is 0 Å². The number of carbonyl (C=O) groups is 2. The Labute approximate surface area is 206 Å². The summed E-state index contributed by atoms with van der Waals surface area (Å²) in [7, 11) is 1.82. The zero-order valence-corrected chi connectivity index (χ0v) is 21.1. The van der Waals surface area contributed by atoms with Gasteiger partial charge in [0.15, 0.2) is 5.11 Å². The van der Waals surface area contributed by atoms with Crippen molar-refractivity contribution in [2.24, 2.45) is 5.92 Å². The van der Waals surface area contributed by atoms with Crippen LogP contribution in [0, 0.1) is 5.92 Å². The van der Waals surface area contributed by atoms with Gasteiger partial charge in [-0.3, -0.25) is 0 Å². The van der Waals surface area contributed by atoms with E-state index in [2.05, 4.69) is 22.9 Å². The van der Waals surface area contributed by atoms with Gasteiger partial charge in [-0.05, 0) is 66.9 Å². The maximum atomic E-state index is 12.9. The Morgan fingerprint density at radius 1 is 1.06 bits per heavy atom. The van der Waals surface area contributed by atoms with Crippen LogP contribution in [-0.2, 0) is 16.0 Å². The maximum Gasteiger partial charge on any atom is 0.338 e. The Morgan fingerprint density at radius 3 is 2.15 bits per heavy atom. The van der Waals surface area contributed by atoms with Crippen LogP contribution in [0.4, 0.5) is 16.2 Å². The zero-order valence-electron chi connectivity index (χ0n) is 20.3. The van der Waals surface area contributed by atoms with Gasteiger partial charge in [-0.2, -0.15) is 0 Å². The fourth-order valence-electron chi connectivity index (χ4n) is 3.55. The number of ether oxygens (including phenoxy) is 1. The van der Waals surface area contributed by atoms with Gasteiger partial charge in [-0.15, -0.1) is 0 Å². The number of hydrogen-bond donors (Lipinski definition) is 3. The molecule has 34 heavy (non-hydrogen) atoms. The molecule has 7 nitrogen and oxygen atoms in total. The minimum Gasteiger partial charge on any atom is -0.462 e. The van der Waals surface area contributed by atoms with Crippen LogP contribution in [0.1, 0.15) is 44.9 Å². The van der Waals surface area contributed by atoms with E-state index in [4.69, 9.17) is 17.0 Å². The smallest absolute Gasteiger partial charge is 0.338 e. The van der Waals surface area contributed by atoms with E-state index in [-0.39, 0.29) is 17.9 Å². The number of nitrogens with one attached hydrogen (secondary N) is 3. The lowest BCUT2D eigenvalue weighted by Crippen LogP contribution is -2.46. The number of amides is 2. The lowest BCUT2D eigenvalue weighted by atomic mass is 9.95. The third-order valence-electron chi connectivity index (χ3n) is 5.64. The molecule has 1 heterocycles. The highest BCUT2D eigenvalue weighted by atomic mass is 32.1. The summed E-state index contributed by atoms with van der Waals surface area (Å²) in [6.07, 6.45) is 0.946. The third-order valence-corrected chi connectivity index (χ3v) is 6.04. The summed E-state index contributed by atoms with van der Waals surface area (Å²) < 4.78 is 5.52. The van der Waals surface area contributed by atoms with Crippen LogP contribution >= 0.6 is 12.2 Å². The number of nitrogens with zero attached hydrogens (tertiary/aromatic N) is 1. The second-order valence-corrected chi connectivity index (χ2v) is 9.07. The monoisotopic (exact) mass is 480 g/mol. The first-order chi connectivity index (χ1) is 16.2. The number of carbonyl (C=O) groups excluding carboxylic acids is 2. The van der Waals surface area contributed by atoms with Crippen LogP contribution in [0.5, 0.6) is 0 Å². The summed E-state index contributed by atoms with van der Waals surface area (Å²) in [5.74, 6) is -0.131. The van der Waals surface area contributed by atoms with Gasteiger partial charge in [-0.25, -0.2) is 9.59 Å². The largest absolute Gasteiger partial charge is 0.462 e. The van der Waals surface area contributed by atoms with E-state index in [1.54, 1.807) is 17.0 Å². The van der Waals surface area contributed by atoms with Crippen molar-refractivity contribution < 1.29 is 14.3 Å². The van der Waals surface area contributed by atoms with Crippen LogP contribution in [0.15, 0.2) is 59.8 Å². The molecule has 1 aliphatic heterocycles. The highest BCUT2D eigenvalue weighted by molar-refractivity contribution is 7.80. The van der Waals surface area contributed by atoms with Crippen LogP contribution in [0.2, 0.25) is 0 Å². The van der Waals surface area contributed by atoms with Crippen molar-refractivity contribution in [3.05, 3.63) is 70.9 Å². The maximum absolute atomic E-state index is 12.9. The number of allylic oxidation sites excluding steroid dienone is 1. The lowest BCUT2D eigenvalue weighted by Gasteiger charge is -2.35. The SMILES string of the molecule is CCc1ccc(NC(=O)Nc2ccc(C3NC(=S)N(C)C(C)=C3C(=O)OCC(C)C)cc2)cc1. The molecular formula is C26H32N4O3S. The molecule has 1 aliphatic rings. The molecule has 8 heteroatoms. The number of rotatable bonds is 7. The number of thiocarbonyl (C=S) groups is 1. The number of aryl methyl sites for hydroxylation is 1. The molecule has 0 saturated carbocycles. The van der Waals surface area contributed by atoms with Gasteiger partial charge in [0, 0.05) is 24.1 Å². The van der Waals surface area contributed by atoms with Crippen LogP contribution in [0.25, 0.3) is 0 Å². The Balaban J connectivity index is 1.73. The van der Waals surface area contributed by atoms with E-state index in [9.17, 15) is 9.59 Å². The van der Waals surface area contributed by atoms with Gasteiger partial charge >= 0.3 is 12.0 Å². The number of anilines is 2. The molecule has 0 aliphatic carbocycles. The van der Waals surface area contributed by atoms with Gasteiger partial charge in [0.25, 0.3) is 0 Å². The molecule has 0 saturated heterocycles. The van der Waals surface area contributed by atoms with E-state index in [0.717, 1.165) is 23.4 Å². The molecule has 1 atom stereocenters. The van der Waals surface area contributed by atoms with Gasteiger partial charge in [0.1, 0.15) is 0 Å². The quantitative estimate of drug-likeness (QED) is 0.372. The fourth-order valence-corrected chi connectivity index (χ4v) is 3.80. The van der Waals surface area contributed by atoms with E-state index in [1.807, 2.05) is 64.2 Å². The Hall–Kier alpha value is -3.39. The number of urea groups is 1. The minimum atomic E-state index is -0.441. The molecule has 1 unspecified atom stereocenters. The van der Waals surface area contributed by atoms with Crippen LogP contribution in [0.3, 0.4) is 0 Å². The molecule has 3 N–H and O–H groups in total. The Kier molecular flexibility index (Phi) is 8.28. The summed E-state index contributed by atoms with van der Waals surface area (Å²) in [6, 6.07) is 14.3. The van der Waals surface area contributed by atoms with Crippen LogP contribution in [-0.4, -0.2) is 35.7 Å². The number of hydrogen-bond acceptors (Lipinski definition) is 4. The van der Waals surface area contributed by atoms with Crippen molar-refractivity contribution in [2.45, 2.75) is 40.2 Å². The van der Waals surface area contributed by atoms with Gasteiger partial charge in [0.05, 0.1) is 18.2 Å². The normalized spacial score (nSPS) is 15.8. The topological polar surface area (TPSA) is 82.7 Å². The first-order valence-corrected chi connectivity index (χ1v) is 11.8. The van der Waals surface area contributed by atoms with Crippen molar-refractivity contribution in [1.29, 1.82) is 0 Å². The first-order valence-electron chi connectivity index (χ1n) is 11.4. The van der Waals surface area contributed by atoms with E-state index < -0.39 is 6.04 Å². The van der Waals surface area contributed by atoms with E-state index in [1.165, 1.54) is 5.56 Å². The number of benzene rings is 2. The molecule has 0 fully saturated rings. The molecule has 0 bridgehead atoms. The minimum absolute atomic E-state index is 0.236. The molecule has 2 aromatic rings. The van der Waals surface area contributed by atoms with E-state index >= 15 is 0 Å². The molecule has 3 rings (SSSR count). The molecule has 180 valence electrons. The lowest BCUT2D eigenvalue weighted by molar-refractivity contribution is -0.140. The molecule has 0 radical (unpaired) electrons. The van der Waals surface area contributed by atoms with Gasteiger partial charge in [0.2, 0.25) is 0 Å². The average molecular weight is 481 g/mol. The number of esters is 1. The zero-order chi connectivity index (χ0) is 24.8. The molecule has 2 amide bonds. The van der Waals surface area contributed by atoms with Crippen molar-refractivity contribution in [1.82, 2.24) is 10.2 Å². The van der Waals surface area contributed by atoms with Gasteiger partial charge in [-0.1, -0.05) is 45.0 Å². The molecule has 0 aromatic heterocycles. The predicted octanol–water partition coefficient (Wildman–Crippen LogP) is 5.23. The standard InChI is InChI=1S/C26H32N4O3S/c1-6-18-7-11-20(12-8-18)27-25(32)28-21-13-9-19(10-14-21)23-22(24(31)33-15-16(2)3)17(4)30(5)26(34)29-23/h7-14,16,23H,6,15H2,1-5H3,(H,29,34)(H2,27,28,32). The third kappa shape index (κ3) is 6.14. The summed E-state index contributed by atoms with van der Waals surface area (Å²) in [6.45, 7) is 8.28. The molecular weight excluding hydrogens is 448 g/mol. The summed E-state index contributed by atoms with van der Waals surface area (Å²) in [5.41, 5.74) is 4.67. The molecule has 2 aromatic carbocycles. The van der Waals surface area contributed by atoms with Crippen LogP contribution < -0.4 is 16.0 Å². The summed E-state index contributed by atoms with van der Waals surface area (Å²) in [4.78, 5) is 27.1. The van der Waals surface area contributed by atoms with E-state index in [0.29, 0.717) is 23.0 Å². The summed E-state index contributed by atoms with van der Waals surface area (Å²) >= 11 is 5.45. The predicted molar refractivity (Wildman–Crippen MR) is 140 cm³/mol. The van der Waals surface area contributed by atoms with Crippen molar-refractivity contribution in [2.75, 3.05) is 24.3 Å². The second-order valence-electron chi connectivity index (χ2n) is 8.68. The second kappa shape index (κ2) is 11.2. The highest BCUT2D eigenvalue weighted by Crippen LogP contribution is 2.31. The van der Waals surface area contributed by atoms with Crippen molar-refractivity contribution >= 4 is 40.7 Å². The Morgan fingerprint density at radius 2 is 1.62 bits per heavy atom. The molecule has 0 spiro atoms. The van der Waals surface area contributed by atoms with Crippen molar-refractivity contribution in [3.63, 3.8) is 0 Å². The highest BCUT2D eigenvalue weighted by Gasteiger charge is 2.33. The summed E-state index contributed by atoms with van der Waals surface area (Å²) in [5, 5.41) is 9.42. The Bertz CT molecular complexity index is 1080. The fraction of sp³-hybridized carbons (Fsp3) is 0.346. The van der Waals surface area contributed by atoms with Gasteiger partial charge < -0.3 is 25.6 Å². The average Bonchev–Trinajstić information content (AvgIpc) is 2.81.